The number of fused-ring (bicyclic) bond motifs is 1. The molecule has 8 nitrogen and oxygen atoms in total. The highest BCUT2D eigenvalue weighted by Gasteiger charge is 2.26. The molecule has 0 spiro atoms. The topological polar surface area (TPSA) is 99.6 Å². The fourth-order valence-corrected chi connectivity index (χ4v) is 4.46. The zero-order chi connectivity index (χ0) is 22.7. The van der Waals surface area contributed by atoms with Gasteiger partial charge in [-0.25, -0.2) is 18.4 Å². The molecule has 32 heavy (non-hydrogen) atoms. The van der Waals surface area contributed by atoms with Crippen molar-refractivity contribution in [2.45, 2.75) is 9.92 Å². The summed E-state index contributed by atoms with van der Waals surface area (Å²) in [6.45, 7) is 0. The second-order valence-electron chi connectivity index (χ2n) is 6.74. The normalized spacial score (nSPS) is 11.2. The summed E-state index contributed by atoms with van der Waals surface area (Å²) in [7, 11) is 0.601. The molecule has 4 aromatic rings. The Morgan fingerprint density at radius 1 is 0.750 bits per heavy atom. The van der Waals surface area contributed by atoms with Crippen LogP contribution in [0.5, 0.6) is 17.2 Å². The van der Waals surface area contributed by atoms with Crippen molar-refractivity contribution >= 4 is 32.4 Å². The molecule has 0 aliphatic carbocycles. The van der Waals surface area contributed by atoms with E-state index in [-0.39, 0.29) is 15.7 Å². The Morgan fingerprint density at radius 3 is 2.03 bits per heavy atom. The maximum atomic E-state index is 13.5. The van der Waals surface area contributed by atoms with Crippen LogP contribution < -0.4 is 19.5 Å². The quantitative estimate of drug-likeness (QED) is 0.446. The van der Waals surface area contributed by atoms with Gasteiger partial charge in [0.25, 0.3) is 0 Å². The monoisotopic (exact) mass is 451 g/mol. The number of nitrogens with zero attached hydrogens (tertiary/aromatic N) is 2. The maximum Gasteiger partial charge on any atom is 0.227 e. The highest BCUT2D eigenvalue weighted by atomic mass is 32.2. The van der Waals surface area contributed by atoms with Crippen molar-refractivity contribution in [1.29, 1.82) is 0 Å². The fraction of sp³-hybridized carbons (Fsp3) is 0.130. The van der Waals surface area contributed by atoms with Crippen LogP contribution in [-0.2, 0) is 9.84 Å². The van der Waals surface area contributed by atoms with E-state index in [4.69, 9.17) is 14.2 Å². The SMILES string of the molecule is COc1ccc(S(=O)(=O)c2nc3ccccc3nc2Nc2ccc(OC)c(OC)c2)cc1. The molecule has 0 unspecified atom stereocenters. The number of benzene rings is 3. The van der Waals surface area contributed by atoms with Crippen molar-refractivity contribution in [3.05, 3.63) is 66.7 Å². The Morgan fingerprint density at radius 2 is 1.41 bits per heavy atom. The maximum absolute atomic E-state index is 13.5. The van der Waals surface area contributed by atoms with Gasteiger partial charge in [-0.2, -0.15) is 0 Å². The van der Waals surface area contributed by atoms with E-state index in [2.05, 4.69) is 15.3 Å². The van der Waals surface area contributed by atoms with E-state index in [1.54, 1.807) is 55.6 Å². The first-order valence-electron chi connectivity index (χ1n) is 9.61. The van der Waals surface area contributed by atoms with E-state index in [0.29, 0.717) is 34.0 Å². The fourth-order valence-electron chi connectivity index (χ4n) is 3.17. The summed E-state index contributed by atoms with van der Waals surface area (Å²) in [5.41, 5.74) is 1.60. The average Bonchev–Trinajstić information content (AvgIpc) is 2.83. The number of anilines is 2. The first-order valence-corrected chi connectivity index (χ1v) is 11.1. The molecule has 0 saturated carbocycles. The van der Waals surface area contributed by atoms with Crippen molar-refractivity contribution in [3.63, 3.8) is 0 Å². The summed E-state index contributed by atoms with van der Waals surface area (Å²) in [6, 6.07) is 18.4. The molecule has 1 N–H and O–H groups in total. The van der Waals surface area contributed by atoms with Crippen LogP contribution in [0.4, 0.5) is 11.5 Å². The van der Waals surface area contributed by atoms with Crippen LogP contribution in [0.2, 0.25) is 0 Å². The van der Waals surface area contributed by atoms with E-state index in [9.17, 15) is 8.42 Å². The molecule has 0 saturated heterocycles. The summed E-state index contributed by atoms with van der Waals surface area (Å²) >= 11 is 0. The number of hydrogen-bond donors (Lipinski definition) is 1. The number of nitrogens with one attached hydrogen (secondary N) is 1. The number of ether oxygens (including phenoxy) is 3. The lowest BCUT2D eigenvalue weighted by atomic mass is 10.2. The van der Waals surface area contributed by atoms with Crippen LogP contribution in [-0.4, -0.2) is 39.7 Å². The Kier molecular flexibility index (Phi) is 5.83. The van der Waals surface area contributed by atoms with Gasteiger partial charge >= 0.3 is 0 Å². The summed E-state index contributed by atoms with van der Waals surface area (Å²) < 4.78 is 42.7. The summed E-state index contributed by atoms with van der Waals surface area (Å²) in [5.74, 6) is 1.70. The van der Waals surface area contributed by atoms with Crippen LogP contribution in [0.15, 0.2) is 76.7 Å². The molecule has 0 amide bonds. The van der Waals surface area contributed by atoms with Gasteiger partial charge in [0, 0.05) is 11.8 Å². The van der Waals surface area contributed by atoms with Crippen molar-refractivity contribution in [1.82, 2.24) is 9.97 Å². The molecular weight excluding hydrogens is 430 g/mol. The standard InChI is InChI=1S/C23H21N3O5S/c1-29-16-9-11-17(12-10-16)32(27,28)23-22(25-18-6-4-5-7-19(18)26-23)24-15-8-13-20(30-2)21(14-15)31-3/h4-14H,1-3H3,(H,24,25). The molecule has 0 aliphatic rings. The Hall–Kier alpha value is -3.85. The van der Waals surface area contributed by atoms with Crippen LogP contribution in [0.3, 0.4) is 0 Å². The van der Waals surface area contributed by atoms with Crippen LogP contribution in [0, 0.1) is 0 Å². The zero-order valence-electron chi connectivity index (χ0n) is 17.7. The first kappa shape index (κ1) is 21.4. The highest BCUT2D eigenvalue weighted by Crippen LogP contribution is 2.34. The Labute approximate surface area is 185 Å². The molecule has 0 bridgehead atoms. The lowest BCUT2D eigenvalue weighted by Gasteiger charge is -2.14. The van der Waals surface area contributed by atoms with E-state index in [1.807, 2.05) is 6.07 Å². The zero-order valence-corrected chi connectivity index (χ0v) is 18.5. The molecule has 0 atom stereocenters. The van der Waals surface area contributed by atoms with Gasteiger partial charge in [0.05, 0.1) is 37.3 Å². The third kappa shape index (κ3) is 4.02. The number of para-hydroxylation sites is 2. The lowest BCUT2D eigenvalue weighted by Crippen LogP contribution is -2.10. The van der Waals surface area contributed by atoms with Crippen molar-refractivity contribution < 1.29 is 22.6 Å². The minimum atomic E-state index is -3.98. The average molecular weight is 452 g/mol. The van der Waals surface area contributed by atoms with Crippen LogP contribution >= 0.6 is 0 Å². The predicted molar refractivity (Wildman–Crippen MR) is 121 cm³/mol. The van der Waals surface area contributed by atoms with E-state index >= 15 is 0 Å². The van der Waals surface area contributed by atoms with Gasteiger partial charge in [0.1, 0.15) is 5.75 Å². The molecule has 164 valence electrons. The highest BCUT2D eigenvalue weighted by molar-refractivity contribution is 7.91. The van der Waals surface area contributed by atoms with Gasteiger partial charge in [-0.15, -0.1) is 0 Å². The number of rotatable bonds is 7. The lowest BCUT2D eigenvalue weighted by molar-refractivity contribution is 0.355. The molecule has 1 aromatic heterocycles. The van der Waals surface area contributed by atoms with Crippen molar-refractivity contribution in [2.24, 2.45) is 0 Å². The molecule has 0 fully saturated rings. The number of aromatic nitrogens is 2. The summed E-state index contributed by atoms with van der Waals surface area (Å²) in [5, 5.41) is 2.89. The van der Waals surface area contributed by atoms with Gasteiger partial charge in [-0.05, 0) is 48.5 Å². The second-order valence-corrected chi connectivity index (χ2v) is 8.60. The third-order valence-corrected chi connectivity index (χ3v) is 6.50. The second kappa shape index (κ2) is 8.72. The number of methoxy groups -OCH3 is 3. The van der Waals surface area contributed by atoms with Crippen LogP contribution in [0.25, 0.3) is 11.0 Å². The number of sulfone groups is 1. The molecule has 0 radical (unpaired) electrons. The van der Waals surface area contributed by atoms with Crippen molar-refractivity contribution in [2.75, 3.05) is 26.6 Å². The third-order valence-electron chi connectivity index (χ3n) is 4.81. The van der Waals surface area contributed by atoms with Gasteiger partial charge < -0.3 is 19.5 Å². The minimum absolute atomic E-state index is 0.0817. The molecule has 0 aliphatic heterocycles. The first-order chi connectivity index (χ1) is 15.5. The molecule has 3 aromatic carbocycles. The summed E-state index contributed by atoms with van der Waals surface area (Å²) in [6.07, 6.45) is 0. The molecule has 9 heteroatoms. The van der Waals surface area contributed by atoms with Crippen LogP contribution in [0.1, 0.15) is 0 Å². The molecular formula is C23H21N3O5S. The van der Waals surface area contributed by atoms with Gasteiger partial charge in [-0.3, -0.25) is 0 Å². The Balaban J connectivity index is 1.85. The largest absolute Gasteiger partial charge is 0.497 e. The van der Waals surface area contributed by atoms with E-state index in [0.717, 1.165) is 0 Å². The summed E-state index contributed by atoms with van der Waals surface area (Å²) in [4.78, 5) is 9.06. The smallest absolute Gasteiger partial charge is 0.227 e. The minimum Gasteiger partial charge on any atom is -0.497 e. The predicted octanol–water partition coefficient (Wildman–Crippen LogP) is 4.23. The molecule has 1 heterocycles. The van der Waals surface area contributed by atoms with E-state index < -0.39 is 9.84 Å². The van der Waals surface area contributed by atoms with Gasteiger partial charge in [-0.1, -0.05) is 12.1 Å². The Bertz CT molecular complexity index is 1370. The van der Waals surface area contributed by atoms with Gasteiger partial charge in [0.15, 0.2) is 17.3 Å². The van der Waals surface area contributed by atoms with E-state index in [1.165, 1.54) is 26.4 Å². The molecule has 4 rings (SSSR count). The number of hydrogen-bond acceptors (Lipinski definition) is 8. The van der Waals surface area contributed by atoms with Gasteiger partial charge in [0.2, 0.25) is 14.9 Å². The van der Waals surface area contributed by atoms with Crippen molar-refractivity contribution in [3.8, 4) is 17.2 Å².